The Morgan fingerprint density at radius 3 is 0.682 bits per heavy atom. The zero-order valence-electron chi connectivity index (χ0n) is 36.7. The van der Waals surface area contributed by atoms with Crippen molar-refractivity contribution in [3.8, 4) is 17.2 Å². The molecule has 0 atom stereocenters. The Morgan fingerprint density at radius 1 is 0.318 bits per heavy atom. The zero-order chi connectivity index (χ0) is 46.7. The minimum atomic E-state index is -4.02. The summed E-state index contributed by atoms with van der Waals surface area (Å²) < 4.78 is 69.6. The summed E-state index contributed by atoms with van der Waals surface area (Å²) in [6, 6.07) is 36.5. The molecule has 21 nitrogen and oxygen atoms in total. The van der Waals surface area contributed by atoms with Crippen LogP contribution in [0.25, 0.3) is 0 Å². The molecule has 0 spiro atoms. The van der Waals surface area contributed by atoms with E-state index < -0.39 is 23.0 Å². The van der Waals surface area contributed by atoms with Crippen molar-refractivity contribution >= 4 is 60.3 Å². The first-order chi connectivity index (χ1) is 31.7. The quantitative estimate of drug-likeness (QED) is 0.134. The number of aromatic amines is 3. The molecule has 1 aliphatic rings. The van der Waals surface area contributed by atoms with Crippen molar-refractivity contribution in [2.45, 2.75) is 0 Å². The summed E-state index contributed by atoms with van der Waals surface area (Å²) in [7, 11) is -3.00. The maximum atomic E-state index is 14.7. The van der Waals surface area contributed by atoms with Crippen molar-refractivity contribution in [2.24, 2.45) is 30.6 Å². The van der Waals surface area contributed by atoms with Gasteiger partial charge >= 0.3 is 23.0 Å². The van der Waals surface area contributed by atoms with Crippen molar-refractivity contribution in [1.29, 1.82) is 0 Å². The molecule has 1 aliphatic heterocycles. The van der Waals surface area contributed by atoms with Crippen LogP contribution in [-0.4, -0.2) is 123 Å². The second kappa shape index (κ2) is 20.5. The number of para-hydroxylation sites is 3. The maximum absolute atomic E-state index is 14.7. The van der Waals surface area contributed by atoms with Crippen molar-refractivity contribution in [1.82, 2.24) is 43.6 Å². The van der Waals surface area contributed by atoms with Gasteiger partial charge in [0.05, 0.1) is 71.5 Å². The van der Waals surface area contributed by atoms with Gasteiger partial charge in [-0.15, -0.1) is 0 Å². The lowest BCUT2D eigenvalue weighted by molar-refractivity contribution is 0.325. The second-order valence-corrected chi connectivity index (χ2v) is 21.2. The molecule has 342 valence electrons. The van der Waals surface area contributed by atoms with Crippen LogP contribution in [0.4, 0.5) is 0 Å². The summed E-state index contributed by atoms with van der Waals surface area (Å²) in [6.45, 7) is 0. The van der Waals surface area contributed by atoms with Gasteiger partial charge in [-0.05, 0) is 72.8 Å². The van der Waals surface area contributed by atoms with E-state index in [-0.39, 0.29) is 0 Å². The third kappa shape index (κ3) is 11.2. The summed E-state index contributed by atoms with van der Waals surface area (Å²) in [5, 5.41) is 26.8. The number of hydrogen-bond acceptors (Lipinski definition) is 12. The Labute approximate surface area is 381 Å². The van der Waals surface area contributed by atoms with Crippen LogP contribution in [-0.2, 0) is 13.7 Å². The molecular formula is C42H48N15O6P3. The predicted octanol–water partition coefficient (Wildman–Crippen LogP) is 8.24. The molecule has 3 N–H and O–H groups in total. The van der Waals surface area contributed by atoms with E-state index in [1.165, 1.54) is 108 Å². The molecule has 0 aliphatic carbocycles. The lowest BCUT2D eigenvalue weighted by Crippen LogP contribution is -2.24. The fraction of sp³-hybridized carbons (Fsp3) is 0.143. The van der Waals surface area contributed by atoms with Crippen molar-refractivity contribution < 1.29 is 27.3 Å². The Hall–Kier alpha value is -7.59. The summed E-state index contributed by atoms with van der Waals surface area (Å²) in [5.74, 6) is 1.00. The Morgan fingerprint density at radius 2 is 0.500 bits per heavy atom. The molecule has 4 heterocycles. The van der Waals surface area contributed by atoms with Gasteiger partial charge in [-0.2, -0.15) is 59.3 Å². The smallest absolute Gasteiger partial charge is 0.412 e. The lowest BCUT2D eigenvalue weighted by atomic mass is 10.3. The summed E-state index contributed by atoms with van der Waals surface area (Å²) in [6.07, 6.45) is 8.82. The van der Waals surface area contributed by atoms with Crippen LogP contribution in [0.3, 0.4) is 0 Å². The van der Waals surface area contributed by atoms with Crippen LogP contribution < -0.4 is 13.6 Å². The molecular weight excluding hydrogens is 903 g/mol. The van der Waals surface area contributed by atoms with E-state index in [0.717, 1.165) is 0 Å². The van der Waals surface area contributed by atoms with E-state index in [4.69, 9.17) is 13.6 Å². The Balaban J connectivity index is 1.25. The summed E-state index contributed by atoms with van der Waals surface area (Å²) in [5.41, 5.74) is 3.19. The second-order valence-electron chi connectivity index (χ2n) is 14.2. The summed E-state index contributed by atoms with van der Waals surface area (Å²) in [4.78, 5) is 9.52. The number of H-pyrrole nitrogens is 3. The monoisotopic (exact) mass is 951 g/mol. The van der Waals surface area contributed by atoms with E-state index in [9.17, 15) is 13.7 Å². The molecule has 3 aromatic carbocycles. The Bertz CT molecular complexity index is 2460. The molecule has 6 aromatic rings. The number of fused-ring (bicyclic) bond motifs is 6. The van der Waals surface area contributed by atoms with Gasteiger partial charge in [0.1, 0.15) is 17.2 Å². The molecule has 24 heteroatoms. The predicted molar refractivity (Wildman–Crippen MR) is 259 cm³/mol. The fourth-order valence-electron chi connectivity index (χ4n) is 5.78. The molecule has 0 unspecified atom stereocenters. The number of rotatable bonds is 6. The van der Waals surface area contributed by atoms with Crippen LogP contribution in [0.2, 0.25) is 0 Å². The highest BCUT2D eigenvalue weighted by molar-refractivity contribution is 7.54. The highest BCUT2D eigenvalue weighted by atomic mass is 31.2. The number of benzene rings is 3. The molecule has 7 rings (SSSR count). The molecule has 0 saturated heterocycles. The number of aromatic nitrogens is 3. The van der Waals surface area contributed by atoms with E-state index in [2.05, 4.69) is 45.6 Å². The van der Waals surface area contributed by atoms with Gasteiger partial charge in [-0.25, -0.2) is 13.7 Å². The van der Waals surface area contributed by atoms with Gasteiger partial charge in [0.25, 0.3) is 0 Å². The highest BCUT2D eigenvalue weighted by Crippen LogP contribution is 2.55. The fourth-order valence-corrected chi connectivity index (χ4v) is 9.89. The topological polar surface area (TPSA) is 220 Å². The number of nitrogens with one attached hydrogen (secondary N) is 3. The van der Waals surface area contributed by atoms with E-state index >= 15 is 0 Å². The van der Waals surface area contributed by atoms with Gasteiger partial charge in [0.15, 0.2) is 0 Å². The van der Waals surface area contributed by atoms with Crippen LogP contribution in [0, 0.1) is 0 Å². The summed E-state index contributed by atoms with van der Waals surface area (Å²) >= 11 is 0. The first-order valence-corrected chi connectivity index (χ1v) is 24.6. The van der Waals surface area contributed by atoms with E-state index in [0.29, 0.717) is 51.4 Å². The third-order valence-electron chi connectivity index (χ3n) is 9.47. The van der Waals surface area contributed by atoms with Gasteiger partial charge in [-0.1, -0.05) is 54.6 Å². The highest BCUT2D eigenvalue weighted by Gasteiger charge is 2.38. The minimum absolute atomic E-state index is 0.333. The average molecular weight is 952 g/mol. The molecule has 0 saturated carbocycles. The van der Waals surface area contributed by atoms with Crippen LogP contribution in [0.15, 0.2) is 158 Å². The van der Waals surface area contributed by atoms with Gasteiger partial charge in [0, 0.05) is 42.3 Å². The average Bonchev–Trinajstić information content (AvgIpc) is 4.11. The first kappa shape index (κ1) is 46.4. The molecule has 0 amide bonds. The molecule has 6 bridgehead atoms. The molecule has 66 heavy (non-hydrogen) atoms. The third-order valence-corrected chi connectivity index (χ3v) is 15.8. The van der Waals surface area contributed by atoms with Gasteiger partial charge in [0.2, 0.25) is 0 Å². The number of hydrogen-bond donors (Lipinski definition) is 3. The van der Waals surface area contributed by atoms with Crippen LogP contribution in [0.1, 0.15) is 34.2 Å². The number of hydrazone groups is 6. The zero-order valence-corrected chi connectivity index (χ0v) is 39.4. The molecule has 3 aromatic heterocycles. The first-order valence-electron chi connectivity index (χ1n) is 20.0. The van der Waals surface area contributed by atoms with E-state index in [1.807, 2.05) is 18.2 Å². The SMILES string of the molecule is CN1/N=C\c2ccc([nH]2)/C=N\N(C)P(=O)(Oc2ccccc2)N(C)/N=C\c2ccc([nH]2)/C=N\N(C)P(=O)(Oc2ccccc2)N(C)/N=C\c2ccc([nH]2)/C=N\N(C)P1(=O)Oc1ccccc1. The van der Waals surface area contributed by atoms with Crippen LogP contribution in [0.5, 0.6) is 17.2 Å². The lowest BCUT2D eigenvalue weighted by Gasteiger charge is -2.30. The largest absolute Gasteiger partial charge is 0.479 e. The molecule has 0 fully saturated rings. The van der Waals surface area contributed by atoms with Crippen molar-refractivity contribution in [3.63, 3.8) is 0 Å². The van der Waals surface area contributed by atoms with E-state index in [1.54, 1.807) is 109 Å². The maximum Gasteiger partial charge on any atom is 0.479 e. The van der Waals surface area contributed by atoms with Gasteiger partial charge < -0.3 is 28.5 Å². The minimum Gasteiger partial charge on any atom is -0.412 e. The standard InChI is InChI=1S/C42H48N15O6P3/c1-52-43-28-34-22-23-36(49-34)30-45-54(3)65(59,62-41-18-12-8-13-19-41)56(5)47-32-38-26-27-39(51-38)33-48-57(6)66(60,63-42-20-14-9-15-21-42)55(4)46-31-37-25-24-35(50-37)29-44-53(2)64(52,58)61-40-16-10-7-11-17-40/h7-33,49-51H,1-6H3/b43-28-,44-29-,45-30-,46-31-,47-32-,48-33-. The van der Waals surface area contributed by atoms with Crippen molar-refractivity contribution in [3.05, 3.63) is 162 Å². The number of nitrogens with zero attached hydrogens (tertiary/aromatic N) is 12. The molecule has 0 radical (unpaired) electrons. The Kier molecular flexibility index (Phi) is 14.4. The normalized spacial score (nSPS) is 23.9. The van der Waals surface area contributed by atoms with Gasteiger partial charge in [-0.3, -0.25) is 0 Å². The van der Waals surface area contributed by atoms with Crippen molar-refractivity contribution in [2.75, 3.05) is 42.3 Å². The van der Waals surface area contributed by atoms with Crippen LogP contribution >= 0.6 is 23.0 Å².